The van der Waals surface area contributed by atoms with Gasteiger partial charge in [-0.05, 0) is 56.0 Å². The van der Waals surface area contributed by atoms with Crippen LogP contribution in [0, 0.1) is 11.8 Å². The van der Waals surface area contributed by atoms with E-state index < -0.39 is 0 Å². The van der Waals surface area contributed by atoms with Crippen LogP contribution >= 0.6 is 0 Å². The first-order chi connectivity index (χ1) is 9.90. The fraction of sp³-hybridized carbons (Fsp3) is 0.438. The lowest BCUT2D eigenvalue weighted by Crippen LogP contribution is -2.19. The van der Waals surface area contributed by atoms with Crippen molar-refractivity contribution in [3.63, 3.8) is 0 Å². The highest BCUT2D eigenvalue weighted by molar-refractivity contribution is 5.45. The second kappa shape index (κ2) is 4.94. The van der Waals surface area contributed by atoms with E-state index in [4.69, 9.17) is 4.74 Å². The van der Waals surface area contributed by atoms with Crippen LogP contribution in [0.4, 0.5) is 0 Å². The summed E-state index contributed by atoms with van der Waals surface area (Å²) in [5.74, 6) is 2.54. The van der Waals surface area contributed by atoms with E-state index in [1.807, 2.05) is 35.1 Å². The lowest BCUT2D eigenvalue weighted by molar-refractivity contribution is 0.198. The van der Waals surface area contributed by atoms with E-state index in [1.54, 1.807) is 6.20 Å². The Balaban J connectivity index is 1.55. The van der Waals surface area contributed by atoms with Gasteiger partial charge in [-0.1, -0.05) is 12.1 Å². The van der Waals surface area contributed by atoms with Gasteiger partial charge in [0.15, 0.2) is 0 Å². The van der Waals surface area contributed by atoms with Crippen LogP contribution in [0.1, 0.15) is 12.8 Å². The van der Waals surface area contributed by atoms with Crippen molar-refractivity contribution in [2.45, 2.75) is 18.9 Å². The SMILES string of the molecule is c1ccc(-n2cccn2)c(OC2C[C@@H]3CNC[C@H]3C2)c1. The standard InChI is InChI=1S/C16H19N3O/c1-2-5-16(15(4-1)19-7-3-6-18-19)20-14-8-12-10-17-11-13(12)9-14/h1-7,12-14,17H,8-11H2/t12-,13-/m1/s1. The third-order valence-electron chi connectivity index (χ3n) is 4.52. The molecule has 1 saturated carbocycles. The molecule has 4 nitrogen and oxygen atoms in total. The number of hydrogen-bond acceptors (Lipinski definition) is 3. The van der Waals surface area contributed by atoms with Crippen LogP contribution < -0.4 is 10.1 Å². The Morgan fingerprint density at radius 2 is 1.90 bits per heavy atom. The predicted octanol–water partition coefficient (Wildman–Crippen LogP) is 2.25. The number of nitrogens with one attached hydrogen (secondary N) is 1. The van der Waals surface area contributed by atoms with Crippen molar-refractivity contribution in [3.8, 4) is 11.4 Å². The summed E-state index contributed by atoms with van der Waals surface area (Å²) >= 11 is 0. The molecule has 0 spiro atoms. The fourth-order valence-electron chi connectivity index (χ4n) is 3.54. The van der Waals surface area contributed by atoms with Gasteiger partial charge in [0.25, 0.3) is 0 Å². The average Bonchev–Trinajstić information content (AvgIpc) is 3.15. The van der Waals surface area contributed by atoms with Crippen molar-refractivity contribution in [1.29, 1.82) is 0 Å². The Hall–Kier alpha value is -1.81. The van der Waals surface area contributed by atoms with Gasteiger partial charge >= 0.3 is 0 Å². The van der Waals surface area contributed by atoms with Crippen LogP contribution in [0.25, 0.3) is 5.69 Å². The predicted molar refractivity (Wildman–Crippen MR) is 77.1 cm³/mol. The maximum atomic E-state index is 6.28. The van der Waals surface area contributed by atoms with E-state index in [2.05, 4.69) is 16.5 Å². The first-order valence-electron chi connectivity index (χ1n) is 7.36. The number of aromatic nitrogens is 2. The summed E-state index contributed by atoms with van der Waals surface area (Å²) in [7, 11) is 0. The van der Waals surface area contributed by atoms with Gasteiger partial charge in [0, 0.05) is 12.4 Å². The van der Waals surface area contributed by atoms with Gasteiger partial charge in [0.2, 0.25) is 0 Å². The topological polar surface area (TPSA) is 39.1 Å². The maximum absolute atomic E-state index is 6.28. The molecule has 4 rings (SSSR count). The molecule has 20 heavy (non-hydrogen) atoms. The summed E-state index contributed by atoms with van der Waals surface area (Å²) in [6.45, 7) is 2.32. The van der Waals surface area contributed by atoms with Gasteiger partial charge in [0.05, 0.1) is 6.10 Å². The molecular weight excluding hydrogens is 250 g/mol. The third kappa shape index (κ3) is 2.10. The number of benzene rings is 1. The molecule has 1 aliphatic carbocycles. The summed E-state index contributed by atoms with van der Waals surface area (Å²) in [4.78, 5) is 0. The van der Waals surface area contributed by atoms with Crippen molar-refractivity contribution in [2.75, 3.05) is 13.1 Å². The highest BCUT2D eigenvalue weighted by Gasteiger charge is 2.38. The number of fused-ring (bicyclic) bond motifs is 1. The van der Waals surface area contributed by atoms with Crippen LogP contribution in [0.15, 0.2) is 42.7 Å². The Morgan fingerprint density at radius 1 is 1.10 bits per heavy atom. The van der Waals surface area contributed by atoms with Crippen LogP contribution in [0.5, 0.6) is 5.75 Å². The number of nitrogens with zero attached hydrogens (tertiary/aromatic N) is 2. The Bertz CT molecular complexity index is 569. The Morgan fingerprint density at radius 3 is 2.65 bits per heavy atom. The first kappa shape index (κ1) is 12.0. The smallest absolute Gasteiger partial charge is 0.145 e. The molecule has 1 N–H and O–H groups in total. The van der Waals surface area contributed by atoms with Gasteiger partial charge in [-0.25, -0.2) is 4.68 Å². The molecule has 104 valence electrons. The quantitative estimate of drug-likeness (QED) is 0.929. The van der Waals surface area contributed by atoms with Crippen LogP contribution in [-0.4, -0.2) is 29.0 Å². The van der Waals surface area contributed by atoms with Crippen molar-refractivity contribution in [3.05, 3.63) is 42.7 Å². The van der Waals surface area contributed by atoms with Crippen LogP contribution in [0.2, 0.25) is 0 Å². The molecule has 1 aromatic carbocycles. The summed E-state index contributed by atoms with van der Waals surface area (Å²) in [5, 5.41) is 7.78. The lowest BCUT2D eigenvalue weighted by Gasteiger charge is -2.17. The molecule has 1 aromatic heterocycles. The molecule has 2 aliphatic rings. The number of rotatable bonds is 3. The van der Waals surface area contributed by atoms with E-state index in [0.717, 1.165) is 36.4 Å². The minimum Gasteiger partial charge on any atom is -0.488 e. The zero-order chi connectivity index (χ0) is 13.4. The molecule has 4 heteroatoms. The molecule has 2 atom stereocenters. The molecule has 0 radical (unpaired) electrons. The molecule has 2 aromatic rings. The summed E-state index contributed by atoms with van der Waals surface area (Å²) in [6, 6.07) is 10.1. The van der Waals surface area contributed by atoms with Crippen molar-refractivity contribution < 1.29 is 4.74 Å². The van der Waals surface area contributed by atoms with Gasteiger partial charge in [-0.3, -0.25) is 0 Å². The number of ether oxygens (including phenoxy) is 1. The van der Waals surface area contributed by atoms with E-state index in [1.165, 1.54) is 12.8 Å². The van der Waals surface area contributed by atoms with Gasteiger partial charge in [-0.15, -0.1) is 0 Å². The Labute approximate surface area is 118 Å². The minimum absolute atomic E-state index is 0.351. The highest BCUT2D eigenvalue weighted by Crippen LogP contribution is 2.37. The minimum atomic E-state index is 0.351. The number of para-hydroxylation sites is 2. The van der Waals surface area contributed by atoms with Crippen molar-refractivity contribution >= 4 is 0 Å². The fourth-order valence-corrected chi connectivity index (χ4v) is 3.54. The van der Waals surface area contributed by atoms with E-state index in [0.29, 0.717) is 6.10 Å². The third-order valence-corrected chi connectivity index (χ3v) is 4.52. The summed E-state index contributed by atoms with van der Waals surface area (Å²) in [6.07, 6.45) is 6.44. The maximum Gasteiger partial charge on any atom is 0.145 e. The second-order valence-electron chi connectivity index (χ2n) is 5.81. The summed E-state index contributed by atoms with van der Waals surface area (Å²) < 4.78 is 8.15. The van der Waals surface area contributed by atoms with Crippen molar-refractivity contribution in [1.82, 2.24) is 15.1 Å². The largest absolute Gasteiger partial charge is 0.488 e. The Kier molecular flexibility index (Phi) is 2.96. The van der Waals surface area contributed by atoms with Crippen LogP contribution in [-0.2, 0) is 0 Å². The van der Waals surface area contributed by atoms with E-state index >= 15 is 0 Å². The number of hydrogen-bond donors (Lipinski definition) is 1. The zero-order valence-corrected chi connectivity index (χ0v) is 11.4. The monoisotopic (exact) mass is 269 g/mol. The van der Waals surface area contributed by atoms with Gasteiger partial charge < -0.3 is 10.1 Å². The average molecular weight is 269 g/mol. The molecule has 1 aliphatic heterocycles. The molecule has 2 heterocycles. The van der Waals surface area contributed by atoms with E-state index in [-0.39, 0.29) is 0 Å². The lowest BCUT2D eigenvalue weighted by atomic mass is 10.0. The molecule has 0 unspecified atom stereocenters. The van der Waals surface area contributed by atoms with E-state index in [9.17, 15) is 0 Å². The van der Waals surface area contributed by atoms with Crippen molar-refractivity contribution in [2.24, 2.45) is 11.8 Å². The normalized spacial score (nSPS) is 25.8. The molecule has 0 bridgehead atoms. The van der Waals surface area contributed by atoms with Gasteiger partial charge in [0.1, 0.15) is 11.4 Å². The second-order valence-corrected chi connectivity index (χ2v) is 5.81. The zero-order valence-electron chi connectivity index (χ0n) is 11.4. The molecule has 2 fully saturated rings. The molecule has 0 amide bonds. The molecular formula is C16H19N3O. The van der Waals surface area contributed by atoms with Gasteiger partial charge in [-0.2, -0.15) is 5.10 Å². The summed E-state index contributed by atoms with van der Waals surface area (Å²) in [5.41, 5.74) is 1.02. The van der Waals surface area contributed by atoms with Crippen LogP contribution in [0.3, 0.4) is 0 Å². The molecule has 1 saturated heterocycles. The highest BCUT2D eigenvalue weighted by atomic mass is 16.5. The first-order valence-corrected chi connectivity index (χ1v) is 7.36.